The van der Waals surface area contributed by atoms with Crippen molar-refractivity contribution in [3.63, 3.8) is 0 Å². The van der Waals surface area contributed by atoms with Gasteiger partial charge in [0.25, 0.3) is 0 Å². The number of nitrogens with one attached hydrogen (secondary N) is 1. The lowest BCUT2D eigenvalue weighted by molar-refractivity contribution is 0.0186. The smallest absolute Gasteiger partial charge is 0.226 e. The van der Waals surface area contributed by atoms with Crippen LogP contribution in [-0.2, 0) is 14.8 Å². The number of sulfonamides is 1. The van der Waals surface area contributed by atoms with Crippen LogP contribution in [0.2, 0.25) is 0 Å². The molecular weight excluding hydrogens is 356 g/mol. The molecule has 142 valence electrons. The van der Waals surface area contributed by atoms with E-state index in [1.165, 1.54) is 0 Å². The van der Waals surface area contributed by atoms with Gasteiger partial charge in [-0.15, -0.1) is 0 Å². The summed E-state index contributed by atoms with van der Waals surface area (Å²) in [6.45, 7) is 4.89. The molecule has 8 heteroatoms. The minimum absolute atomic E-state index is 0.0286. The molecule has 3 rings (SSSR count). The molecule has 2 aromatic rings. The summed E-state index contributed by atoms with van der Waals surface area (Å²) in [6, 6.07) is 7.31. The van der Waals surface area contributed by atoms with E-state index in [9.17, 15) is 8.42 Å². The third-order valence-electron chi connectivity index (χ3n) is 4.37. The Kier molecular flexibility index (Phi) is 5.95. The summed E-state index contributed by atoms with van der Waals surface area (Å²) in [6.07, 6.45) is 2.33. The summed E-state index contributed by atoms with van der Waals surface area (Å²) < 4.78 is 43.3. The number of hydrogen-bond acceptors (Lipinski definition) is 6. The molecule has 2 heterocycles. The van der Waals surface area contributed by atoms with E-state index in [1.807, 2.05) is 31.2 Å². The van der Waals surface area contributed by atoms with Gasteiger partial charge < -0.3 is 13.9 Å². The minimum atomic E-state index is -3.25. The Morgan fingerprint density at radius 2 is 2.08 bits per heavy atom. The Bertz CT molecular complexity index is 816. The molecular formula is C18H24N2O5S. The van der Waals surface area contributed by atoms with E-state index in [2.05, 4.69) is 9.71 Å². The van der Waals surface area contributed by atoms with E-state index in [0.29, 0.717) is 37.9 Å². The maximum absolute atomic E-state index is 11.9. The minimum Gasteiger partial charge on any atom is -0.493 e. The van der Waals surface area contributed by atoms with Gasteiger partial charge in [-0.25, -0.2) is 18.1 Å². The molecule has 0 unspecified atom stereocenters. The Hall–Kier alpha value is -1.90. The summed E-state index contributed by atoms with van der Waals surface area (Å²) in [5.74, 6) is 2.08. The molecule has 1 aromatic carbocycles. The molecule has 1 aliphatic heterocycles. The first-order chi connectivity index (χ1) is 12.5. The van der Waals surface area contributed by atoms with Crippen LogP contribution in [0.3, 0.4) is 0 Å². The predicted octanol–water partition coefficient (Wildman–Crippen LogP) is 2.37. The maximum atomic E-state index is 11.9. The van der Waals surface area contributed by atoms with Crippen LogP contribution in [0.1, 0.15) is 19.1 Å². The lowest BCUT2D eigenvalue weighted by atomic mass is 9.98. The van der Waals surface area contributed by atoms with E-state index in [-0.39, 0.29) is 17.7 Å². The van der Waals surface area contributed by atoms with Crippen molar-refractivity contribution in [2.75, 3.05) is 25.6 Å². The third kappa shape index (κ3) is 4.84. The first-order valence-corrected chi connectivity index (χ1v) is 10.4. The SMILES string of the molecule is CCS(=O)(=O)N[C@H]1CCOC[C@@H]1COc1ccc(-c2ncc(C)o2)cc1. The monoisotopic (exact) mass is 380 g/mol. The van der Waals surface area contributed by atoms with E-state index in [4.69, 9.17) is 13.9 Å². The molecule has 0 amide bonds. The lowest BCUT2D eigenvalue weighted by Crippen LogP contribution is -2.47. The topological polar surface area (TPSA) is 90.7 Å². The largest absolute Gasteiger partial charge is 0.493 e. The number of aromatic nitrogens is 1. The van der Waals surface area contributed by atoms with Gasteiger partial charge in [-0.05, 0) is 44.5 Å². The van der Waals surface area contributed by atoms with Crippen LogP contribution in [0.4, 0.5) is 0 Å². The summed E-state index contributed by atoms with van der Waals surface area (Å²) in [7, 11) is -3.25. The van der Waals surface area contributed by atoms with Gasteiger partial charge in [-0.3, -0.25) is 0 Å². The molecule has 1 aliphatic rings. The van der Waals surface area contributed by atoms with Crippen molar-refractivity contribution in [2.45, 2.75) is 26.3 Å². The highest BCUT2D eigenvalue weighted by atomic mass is 32.2. The summed E-state index contributed by atoms with van der Waals surface area (Å²) in [5.41, 5.74) is 0.875. The number of rotatable bonds is 7. The van der Waals surface area contributed by atoms with Crippen LogP contribution in [-0.4, -0.2) is 45.0 Å². The third-order valence-corrected chi connectivity index (χ3v) is 5.79. The quantitative estimate of drug-likeness (QED) is 0.793. The second-order valence-corrected chi connectivity index (χ2v) is 8.41. The van der Waals surface area contributed by atoms with E-state index in [0.717, 1.165) is 11.3 Å². The van der Waals surface area contributed by atoms with Gasteiger partial charge >= 0.3 is 0 Å². The fraction of sp³-hybridized carbons (Fsp3) is 0.500. The molecule has 7 nitrogen and oxygen atoms in total. The molecule has 0 spiro atoms. The van der Waals surface area contributed by atoms with Gasteiger partial charge in [-0.2, -0.15) is 0 Å². The van der Waals surface area contributed by atoms with E-state index < -0.39 is 10.0 Å². The molecule has 1 saturated heterocycles. The Labute approximate surface area is 153 Å². The van der Waals surface area contributed by atoms with Crippen LogP contribution < -0.4 is 9.46 Å². The standard InChI is InChI=1S/C18H24N2O5S/c1-3-26(21,22)20-17-8-9-23-11-15(17)12-24-16-6-4-14(5-7-16)18-19-10-13(2)25-18/h4-7,10,15,17,20H,3,8-9,11-12H2,1-2H3/t15-,17+/m1/s1. The average Bonchev–Trinajstić information content (AvgIpc) is 3.07. The van der Waals surface area contributed by atoms with Crippen molar-refractivity contribution in [2.24, 2.45) is 5.92 Å². The van der Waals surface area contributed by atoms with Crippen molar-refractivity contribution in [1.82, 2.24) is 9.71 Å². The second-order valence-electron chi connectivity index (χ2n) is 6.36. The van der Waals surface area contributed by atoms with Crippen molar-refractivity contribution in [3.05, 3.63) is 36.2 Å². The lowest BCUT2D eigenvalue weighted by Gasteiger charge is -2.31. The Balaban J connectivity index is 1.60. The zero-order chi connectivity index (χ0) is 18.6. The Morgan fingerprint density at radius 1 is 1.31 bits per heavy atom. The molecule has 0 aliphatic carbocycles. The molecule has 0 saturated carbocycles. The molecule has 26 heavy (non-hydrogen) atoms. The zero-order valence-corrected chi connectivity index (χ0v) is 15.8. The zero-order valence-electron chi connectivity index (χ0n) is 15.0. The molecule has 1 N–H and O–H groups in total. The summed E-state index contributed by atoms with van der Waals surface area (Å²) >= 11 is 0. The summed E-state index contributed by atoms with van der Waals surface area (Å²) in [5, 5.41) is 0. The van der Waals surface area contributed by atoms with Crippen molar-refractivity contribution in [1.29, 1.82) is 0 Å². The van der Waals surface area contributed by atoms with Crippen LogP contribution in [0, 0.1) is 12.8 Å². The van der Waals surface area contributed by atoms with Crippen molar-refractivity contribution >= 4 is 10.0 Å². The Morgan fingerprint density at radius 3 is 2.73 bits per heavy atom. The van der Waals surface area contributed by atoms with Gasteiger partial charge in [0.2, 0.25) is 15.9 Å². The van der Waals surface area contributed by atoms with Crippen LogP contribution in [0.5, 0.6) is 5.75 Å². The normalized spacial score (nSPS) is 20.8. The molecule has 0 bridgehead atoms. The molecule has 1 fully saturated rings. The fourth-order valence-electron chi connectivity index (χ4n) is 2.82. The van der Waals surface area contributed by atoms with Crippen molar-refractivity contribution < 1.29 is 22.3 Å². The highest BCUT2D eigenvalue weighted by molar-refractivity contribution is 7.89. The van der Waals surface area contributed by atoms with Crippen molar-refractivity contribution in [3.8, 4) is 17.2 Å². The van der Waals surface area contributed by atoms with E-state index in [1.54, 1.807) is 13.1 Å². The second kappa shape index (κ2) is 8.20. The van der Waals surface area contributed by atoms with Crippen LogP contribution in [0.15, 0.2) is 34.9 Å². The van der Waals surface area contributed by atoms with Gasteiger partial charge in [0.15, 0.2) is 0 Å². The van der Waals surface area contributed by atoms with Crippen LogP contribution in [0.25, 0.3) is 11.5 Å². The molecule has 0 radical (unpaired) electrons. The van der Waals surface area contributed by atoms with Gasteiger partial charge in [0.05, 0.1) is 25.2 Å². The van der Waals surface area contributed by atoms with Crippen LogP contribution >= 0.6 is 0 Å². The van der Waals surface area contributed by atoms with Gasteiger partial charge in [-0.1, -0.05) is 0 Å². The highest BCUT2D eigenvalue weighted by Crippen LogP contribution is 2.23. The number of ether oxygens (including phenoxy) is 2. The highest BCUT2D eigenvalue weighted by Gasteiger charge is 2.29. The van der Waals surface area contributed by atoms with Gasteiger partial charge in [0.1, 0.15) is 11.5 Å². The van der Waals surface area contributed by atoms with E-state index >= 15 is 0 Å². The number of nitrogens with zero attached hydrogens (tertiary/aromatic N) is 1. The number of hydrogen-bond donors (Lipinski definition) is 1. The summed E-state index contributed by atoms with van der Waals surface area (Å²) in [4.78, 5) is 4.20. The molecule has 1 aromatic heterocycles. The number of benzene rings is 1. The van der Waals surface area contributed by atoms with Gasteiger partial charge in [0, 0.05) is 24.1 Å². The molecule has 2 atom stereocenters. The predicted molar refractivity (Wildman–Crippen MR) is 97.5 cm³/mol. The first kappa shape index (κ1) is 18.9. The maximum Gasteiger partial charge on any atom is 0.226 e. The number of aryl methyl sites for hydroxylation is 1. The number of oxazole rings is 1. The first-order valence-electron chi connectivity index (χ1n) is 8.70. The average molecular weight is 380 g/mol. The fourth-order valence-corrected chi connectivity index (χ4v) is 3.75.